The number of hydrogen-bond acceptors (Lipinski definition) is 7. The Bertz CT molecular complexity index is 1070. The molecule has 0 aliphatic carbocycles. The van der Waals surface area contributed by atoms with Crippen LogP contribution < -0.4 is 14.3 Å². The summed E-state index contributed by atoms with van der Waals surface area (Å²) in [5.41, 5.74) is 0.839. The summed E-state index contributed by atoms with van der Waals surface area (Å²) in [4.78, 5) is 29.6. The summed E-state index contributed by atoms with van der Waals surface area (Å²) in [7, 11) is 0. The second-order valence-corrected chi connectivity index (χ2v) is 7.62. The van der Waals surface area contributed by atoms with E-state index in [1.54, 1.807) is 13.0 Å². The van der Waals surface area contributed by atoms with E-state index in [1.165, 1.54) is 22.7 Å². The topological polar surface area (TPSA) is 79.1 Å². The molecule has 4 rings (SSSR count). The Balaban J connectivity index is 1.77. The molecule has 0 atom stereocenters. The van der Waals surface area contributed by atoms with Gasteiger partial charge in [0.15, 0.2) is 16.3 Å². The van der Waals surface area contributed by atoms with Crippen molar-refractivity contribution in [2.24, 2.45) is 4.99 Å². The van der Waals surface area contributed by atoms with Crippen molar-refractivity contribution < 1.29 is 23.8 Å². The number of hydrogen-bond donors (Lipinski definition) is 0. The number of esters is 1. The monoisotopic (exact) mass is 404 g/mol. The lowest BCUT2D eigenvalue weighted by Crippen LogP contribution is -2.19. The zero-order valence-electron chi connectivity index (χ0n) is 14.5. The Kier molecular flexibility index (Phi) is 4.95. The Morgan fingerprint density at radius 2 is 2.11 bits per heavy atom. The Morgan fingerprint density at radius 3 is 2.85 bits per heavy atom. The molecule has 1 aliphatic rings. The van der Waals surface area contributed by atoms with E-state index in [1.807, 2.05) is 28.1 Å². The summed E-state index contributed by atoms with van der Waals surface area (Å²) in [5, 5.41) is 1.84. The van der Waals surface area contributed by atoms with Crippen LogP contribution in [0.2, 0.25) is 0 Å². The summed E-state index contributed by atoms with van der Waals surface area (Å²) in [6.45, 7) is 2.64. The molecule has 0 fully saturated rings. The first-order valence-electron chi connectivity index (χ1n) is 8.37. The van der Waals surface area contributed by atoms with Crippen LogP contribution in [0, 0.1) is 0 Å². The molecule has 27 heavy (non-hydrogen) atoms. The third-order valence-electron chi connectivity index (χ3n) is 3.95. The molecular formula is C18H16N2O5S2. The fraction of sp³-hybridized carbons (Fsp3) is 0.278. The van der Waals surface area contributed by atoms with Gasteiger partial charge in [-0.1, -0.05) is 17.4 Å². The van der Waals surface area contributed by atoms with Crippen molar-refractivity contribution in [2.75, 3.05) is 13.4 Å². The lowest BCUT2D eigenvalue weighted by Gasteiger charge is -2.06. The standard InChI is InChI=1S/C18H16N2O5S2/c1-2-23-16(21)5-6-20-11-8-12-13(25-10-24-12)9-15(11)27-18(20)19-17(22)14-4-3-7-26-14/h3-4,7-9H,2,5-6,10H2,1H3. The highest BCUT2D eigenvalue weighted by molar-refractivity contribution is 7.16. The van der Waals surface area contributed by atoms with Gasteiger partial charge < -0.3 is 18.8 Å². The lowest BCUT2D eigenvalue weighted by atomic mass is 10.3. The van der Waals surface area contributed by atoms with Crippen molar-refractivity contribution in [1.29, 1.82) is 0 Å². The molecule has 1 aliphatic heterocycles. The number of aryl methyl sites for hydroxylation is 1. The van der Waals surface area contributed by atoms with Crippen molar-refractivity contribution >= 4 is 44.8 Å². The minimum Gasteiger partial charge on any atom is -0.466 e. The molecule has 2 aromatic heterocycles. The highest BCUT2D eigenvalue weighted by atomic mass is 32.1. The maximum absolute atomic E-state index is 12.4. The van der Waals surface area contributed by atoms with Gasteiger partial charge in [-0.25, -0.2) is 0 Å². The zero-order chi connectivity index (χ0) is 18.8. The van der Waals surface area contributed by atoms with Gasteiger partial charge in [0.25, 0.3) is 5.91 Å². The van der Waals surface area contributed by atoms with Crippen molar-refractivity contribution in [3.05, 3.63) is 39.3 Å². The highest BCUT2D eigenvalue weighted by Gasteiger charge is 2.18. The summed E-state index contributed by atoms with van der Waals surface area (Å²) < 4.78 is 18.7. The number of carbonyl (C=O) groups excluding carboxylic acids is 2. The molecule has 0 saturated heterocycles. The van der Waals surface area contributed by atoms with E-state index in [4.69, 9.17) is 14.2 Å². The molecule has 3 heterocycles. The van der Waals surface area contributed by atoms with Crippen LogP contribution in [0.15, 0.2) is 34.6 Å². The van der Waals surface area contributed by atoms with E-state index in [9.17, 15) is 9.59 Å². The Hall–Kier alpha value is -2.65. The van der Waals surface area contributed by atoms with Crippen molar-refractivity contribution in [3.63, 3.8) is 0 Å². The number of thiophene rings is 1. The first kappa shape index (κ1) is 17.7. The number of ether oxygens (including phenoxy) is 3. The van der Waals surface area contributed by atoms with Gasteiger partial charge in [-0.15, -0.1) is 11.3 Å². The summed E-state index contributed by atoms with van der Waals surface area (Å²) in [6.07, 6.45) is 0.189. The molecule has 0 radical (unpaired) electrons. The minimum atomic E-state index is -0.304. The average Bonchev–Trinajstić information content (AvgIpc) is 3.38. The van der Waals surface area contributed by atoms with Gasteiger partial charge in [0.05, 0.1) is 28.1 Å². The van der Waals surface area contributed by atoms with Crippen molar-refractivity contribution in [3.8, 4) is 11.5 Å². The van der Waals surface area contributed by atoms with Crippen LogP contribution in [0.4, 0.5) is 0 Å². The lowest BCUT2D eigenvalue weighted by molar-refractivity contribution is -0.143. The summed E-state index contributed by atoms with van der Waals surface area (Å²) >= 11 is 2.72. The molecule has 1 aromatic carbocycles. The predicted molar refractivity (Wildman–Crippen MR) is 101 cm³/mol. The van der Waals surface area contributed by atoms with Gasteiger partial charge >= 0.3 is 5.97 Å². The molecule has 0 unspecified atom stereocenters. The van der Waals surface area contributed by atoms with Gasteiger partial charge in [-0.3, -0.25) is 9.59 Å². The highest BCUT2D eigenvalue weighted by Crippen LogP contribution is 2.37. The number of carbonyl (C=O) groups is 2. The van der Waals surface area contributed by atoms with E-state index in [-0.39, 0.29) is 25.1 Å². The van der Waals surface area contributed by atoms with Crippen LogP contribution in [-0.2, 0) is 16.1 Å². The van der Waals surface area contributed by atoms with Gasteiger partial charge in [-0.2, -0.15) is 4.99 Å². The smallest absolute Gasteiger partial charge is 0.307 e. The fourth-order valence-electron chi connectivity index (χ4n) is 2.74. The number of nitrogens with zero attached hydrogens (tertiary/aromatic N) is 2. The predicted octanol–water partition coefficient (Wildman–Crippen LogP) is 3.19. The van der Waals surface area contributed by atoms with E-state index in [2.05, 4.69) is 4.99 Å². The Labute approximate surface area is 162 Å². The van der Waals surface area contributed by atoms with Gasteiger partial charge in [0.2, 0.25) is 6.79 Å². The van der Waals surface area contributed by atoms with E-state index < -0.39 is 0 Å². The largest absolute Gasteiger partial charge is 0.466 e. The molecule has 3 aromatic rings. The third-order valence-corrected chi connectivity index (χ3v) is 5.85. The van der Waals surface area contributed by atoms with Crippen LogP contribution in [-0.4, -0.2) is 29.8 Å². The van der Waals surface area contributed by atoms with Crippen LogP contribution in [0.25, 0.3) is 10.2 Å². The SMILES string of the molecule is CCOC(=O)CCn1c(=NC(=O)c2cccs2)sc2cc3c(cc21)OCO3. The second-order valence-electron chi connectivity index (χ2n) is 5.66. The summed E-state index contributed by atoms with van der Waals surface area (Å²) in [6, 6.07) is 7.28. The fourth-order valence-corrected chi connectivity index (χ4v) is 4.41. The third kappa shape index (κ3) is 3.60. The van der Waals surface area contributed by atoms with Crippen molar-refractivity contribution in [2.45, 2.75) is 19.9 Å². The summed E-state index contributed by atoms with van der Waals surface area (Å²) in [5.74, 6) is 0.709. The molecule has 7 nitrogen and oxygen atoms in total. The normalized spacial score (nSPS) is 13.3. The van der Waals surface area contributed by atoms with Crippen LogP contribution >= 0.6 is 22.7 Å². The maximum atomic E-state index is 12.4. The first-order valence-corrected chi connectivity index (χ1v) is 10.1. The number of rotatable bonds is 5. The number of aromatic nitrogens is 1. The van der Waals surface area contributed by atoms with Crippen LogP contribution in [0.5, 0.6) is 11.5 Å². The second kappa shape index (κ2) is 7.53. The Morgan fingerprint density at radius 1 is 1.30 bits per heavy atom. The average molecular weight is 404 g/mol. The molecule has 0 N–H and O–H groups in total. The maximum Gasteiger partial charge on any atom is 0.307 e. The molecule has 0 spiro atoms. The molecule has 1 amide bonds. The molecular weight excluding hydrogens is 388 g/mol. The van der Waals surface area contributed by atoms with E-state index in [0.717, 1.165) is 10.2 Å². The molecule has 0 bridgehead atoms. The first-order chi connectivity index (χ1) is 13.2. The molecule has 0 saturated carbocycles. The van der Waals surface area contributed by atoms with Crippen LogP contribution in [0.3, 0.4) is 0 Å². The number of benzene rings is 1. The number of thiazole rings is 1. The van der Waals surface area contributed by atoms with Gasteiger partial charge in [0.1, 0.15) is 0 Å². The van der Waals surface area contributed by atoms with Crippen molar-refractivity contribution in [1.82, 2.24) is 4.57 Å². The number of fused-ring (bicyclic) bond motifs is 2. The van der Waals surface area contributed by atoms with Gasteiger partial charge in [-0.05, 0) is 18.4 Å². The quantitative estimate of drug-likeness (QED) is 0.610. The minimum absolute atomic E-state index is 0.184. The molecule has 9 heteroatoms. The molecule has 140 valence electrons. The van der Waals surface area contributed by atoms with Gasteiger partial charge in [0, 0.05) is 18.7 Å². The van der Waals surface area contributed by atoms with Crippen LogP contribution in [0.1, 0.15) is 23.0 Å². The van der Waals surface area contributed by atoms with E-state index in [0.29, 0.717) is 34.3 Å². The zero-order valence-corrected chi connectivity index (χ0v) is 16.1. The number of amides is 1. The van der Waals surface area contributed by atoms with E-state index >= 15 is 0 Å².